The summed E-state index contributed by atoms with van der Waals surface area (Å²) in [5.74, 6) is -1.59. The van der Waals surface area contributed by atoms with Gasteiger partial charge in [0.05, 0.1) is 19.4 Å². The van der Waals surface area contributed by atoms with Gasteiger partial charge in [0.1, 0.15) is 5.76 Å². The van der Waals surface area contributed by atoms with Crippen molar-refractivity contribution in [3.8, 4) is 0 Å². The van der Waals surface area contributed by atoms with Crippen LogP contribution >= 0.6 is 0 Å². The van der Waals surface area contributed by atoms with E-state index in [1.807, 2.05) is 0 Å². The Hall–Kier alpha value is -3.44. The molecular weight excluding hydrogens is 405 g/mol. The van der Waals surface area contributed by atoms with Gasteiger partial charge < -0.3 is 15.1 Å². The van der Waals surface area contributed by atoms with Crippen LogP contribution in [0.25, 0.3) is 5.78 Å². The third-order valence-electron chi connectivity index (χ3n) is 4.39. The lowest BCUT2D eigenvalue weighted by Crippen LogP contribution is -2.36. The van der Waals surface area contributed by atoms with Gasteiger partial charge in [0.25, 0.3) is 11.6 Å². The van der Waals surface area contributed by atoms with Crippen molar-refractivity contribution in [1.29, 1.82) is 0 Å². The van der Waals surface area contributed by atoms with Crippen LogP contribution in [0.1, 0.15) is 35.0 Å². The van der Waals surface area contributed by atoms with Crippen LogP contribution in [0.5, 0.6) is 0 Å². The molecule has 0 radical (unpaired) electrons. The molecular formula is C18H19F3N6O3. The molecule has 160 valence electrons. The fourth-order valence-corrected chi connectivity index (χ4v) is 2.86. The van der Waals surface area contributed by atoms with Crippen LogP contribution in [0, 0.1) is 13.8 Å². The summed E-state index contributed by atoms with van der Waals surface area (Å²) < 4.78 is 44.6. The molecule has 12 heteroatoms. The Morgan fingerprint density at radius 3 is 2.60 bits per heavy atom. The minimum Gasteiger partial charge on any atom is -0.467 e. The SMILES string of the molecule is Cc1nc2nc(C(F)(F)F)nn2c(C)c1CCC(=O)NCC(=O)NCc1ccco1. The molecule has 0 aliphatic heterocycles. The molecule has 2 amide bonds. The highest BCUT2D eigenvalue weighted by Gasteiger charge is 2.36. The number of hydrogen-bond acceptors (Lipinski definition) is 6. The van der Waals surface area contributed by atoms with E-state index in [4.69, 9.17) is 4.42 Å². The maximum Gasteiger partial charge on any atom is 0.453 e. The number of hydrogen-bond donors (Lipinski definition) is 2. The first kappa shape index (κ1) is 21.3. The summed E-state index contributed by atoms with van der Waals surface area (Å²) in [5, 5.41) is 8.57. The molecule has 0 fully saturated rings. The Balaban J connectivity index is 1.56. The predicted molar refractivity (Wildman–Crippen MR) is 97.1 cm³/mol. The van der Waals surface area contributed by atoms with E-state index in [1.165, 1.54) is 6.26 Å². The maximum atomic E-state index is 12.8. The minimum atomic E-state index is -4.67. The van der Waals surface area contributed by atoms with Crippen molar-refractivity contribution in [2.45, 2.75) is 39.4 Å². The Bertz CT molecular complexity index is 1060. The number of nitrogens with zero attached hydrogens (tertiary/aromatic N) is 4. The van der Waals surface area contributed by atoms with Crippen molar-refractivity contribution in [3.63, 3.8) is 0 Å². The van der Waals surface area contributed by atoms with Crippen molar-refractivity contribution in [2.24, 2.45) is 0 Å². The van der Waals surface area contributed by atoms with Gasteiger partial charge in [-0.3, -0.25) is 9.59 Å². The first-order valence-corrected chi connectivity index (χ1v) is 9.01. The highest BCUT2D eigenvalue weighted by molar-refractivity contribution is 5.84. The highest BCUT2D eigenvalue weighted by atomic mass is 19.4. The lowest BCUT2D eigenvalue weighted by molar-refractivity contribution is -0.144. The second kappa shape index (κ2) is 8.51. The summed E-state index contributed by atoms with van der Waals surface area (Å²) >= 11 is 0. The number of carbonyl (C=O) groups is 2. The van der Waals surface area contributed by atoms with Crippen LogP contribution in [0.2, 0.25) is 0 Å². The molecule has 0 bridgehead atoms. The number of rotatable bonds is 7. The standard InChI is InChI=1S/C18H19F3N6O3/c1-10-13(11(2)27-17(24-10)25-16(26-27)18(19,20)21)5-6-14(28)23-9-15(29)22-8-12-4-3-7-30-12/h3-4,7H,5-6,8-9H2,1-2H3,(H,22,29)(H,23,28). The fourth-order valence-electron chi connectivity index (χ4n) is 2.86. The number of furan rings is 1. The molecule has 0 unspecified atom stereocenters. The van der Waals surface area contributed by atoms with E-state index in [9.17, 15) is 22.8 Å². The van der Waals surface area contributed by atoms with Crippen LogP contribution in [0.4, 0.5) is 13.2 Å². The summed E-state index contributed by atoms with van der Waals surface area (Å²) in [5.41, 5.74) is 1.48. The van der Waals surface area contributed by atoms with Crippen LogP contribution in [0.3, 0.4) is 0 Å². The van der Waals surface area contributed by atoms with Gasteiger partial charge in [0, 0.05) is 17.8 Å². The number of aryl methyl sites for hydroxylation is 2. The van der Waals surface area contributed by atoms with Gasteiger partial charge >= 0.3 is 6.18 Å². The number of nitrogens with one attached hydrogen (secondary N) is 2. The van der Waals surface area contributed by atoms with Crippen LogP contribution in [-0.4, -0.2) is 37.9 Å². The van der Waals surface area contributed by atoms with E-state index in [2.05, 4.69) is 25.7 Å². The lowest BCUT2D eigenvalue weighted by atomic mass is 10.1. The van der Waals surface area contributed by atoms with Crippen molar-refractivity contribution < 1.29 is 27.2 Å². The quantitative estimate of drug-likeness (QED) is 0.597. The van der Waals surface area contributed by atoms with Gasteiger partial charge in [0.15, 0.2) is 0 Å². The molecule has 2 N–H and O–H groups in total. The van der Waals surface area contributed by atoms with Gasteiger partial charge in [-0.05, 0) is 38.0 Å². The number of fused-ring (bicyclic) bond motifs is 1. The Kier molecular flexibility index (Phi) is 6.04. The zero-order chi connectivity index (χ0) is 21.9. The summed E-state index contributed by atoms with van der Waals surface area (Å²) in [4.78, 5) is 31.3. The average Bonchev–Trinajstić information content (AvgIpc) is 3.33. The topological polar surface area (TPSA) is 114 Å². The summed E-state index contributed by atoms with van der Waals surface area (Å²) in [6.45, 7) is 3.23. The molecule has 3 heterocycles. The van der Waals surface area contributed by atoms with Crippen LogP contribution in [-0.2, 0) is 28.7 Å². The maximum absolute atomic E-state index is 12.8. The lowest BCUT2D eigenvalue weighted by Gasteiger charge is -2.10. The van der Waals surface area contributed by atoms with Gasteiger partial charge in [0.2, 0.25) is 11.8 Å². The number of alkyl halides is 3. The van der Waals surface area contributed by atoms with Crippen LogP contribution in [0.15, 0.2) is 22.8 Å². The van der Waals surface area contributed by atoms with E-state index in [0.29, 0.717) is 22.7 Å². The van der Waals surface area contributed by atoms with E-state index in [-0.39, 0.29) is 43.5 Å². The van der Waals surface area contributed by atoms with Gasteiger partial charge in [-0.25, -0.2) is 9.50 Å². The number of carbonyl (C=O) groups excluding carboxylic acids is 2. The Labute approximate surface area is 168 Å². The fraction of sp³-hybridized carbons (Fsp3) is 0.389. The molecule has 0 saturated heterocycles. The second-order valence-corrected chi connectivity index (χ2v) is 6.54. The third-order valence-corrected chi connectivity index (χ3v) is 4.39. The summed E-state index contributed by atoms with van der Waals surface area (Å²) in [6, 6.07) is 3.41. The smallest absolute Gasteiger partial charge is 0.453 e. The van der Waals surface area contributed by atoms with Gasteiger partial charge in [-0.1, -0.05) is 0 Å². The molecule has 0 aliphatic carbocycles. The molecule has 3 aromatic heterocycles. The first-order chi connectivity index (χ1) is 14.1. The van der Waals surface area contributed by atoms with Crippen LogP contribution < -0.4 is 10.6 Å². The molecule has 3 rings (SSSR count). The second-order valence-electron chi connectivity index (χ2n) is 6.54. The van der Waals surface area contributed by atoms with Crippen molar-refractivity contribution >= 4 is 17.6 Å². The van der Waals surface area contributed by atoms with E-state index >= 15 is 0 Å². The Morgan fingerprint density at radius 1 is 1.17 bits per heavy atom. The third kappa shape index (κ3) is 4.93. The number of aromatic nitrogens is 4. The van der Waals surface area contributed by atoms with Gasteiger partial charge in [-0.15, -0.1) is 5.10 Å². The van der Waals surface area contributed by atoms with Crippen molar-refractivity contribution in [3.05, 3.63) is 46.9 Å². The number of amides is 2. The monoisotopic (exact) mass is 424 g/mol. The average molecular weight is 424 g/mol. The highest BCUT2D eigenvalue weighted by Crippen LogP contribution is 2.27. The molecule has 9 nitrogen and oxygen atoms in total. The summed E-state index contributed by atoms with van der Waals surface area (Å²) in [6.07, 6.45) is -2.93. The zero-order valence-corrected chi connectivity index (χ0v) is 16.2. The summed E-state index contributed by atoms with van der Waals surface area (Å²) in [7, 11) is 0. The van der Waals surface area contributed by atoms with E-state index in [0.717, 1.165) is 4.52 Å². The molecule has 0 saturated carbocycles. The normalized spacial score (nSPS) is 11.6. The van der Waals surface area contributed by atoms with E-state index < -0.39 is 12.0 Å². The molecule has 0 aliphatic rings. The van der Waals surface area contributed by atoms with E-state index in [1.54, 1.807) is 26.0 Å². The largest absolute Gasteiger partial charge is 0.467 e. The molecule has 3 aromatic rings. The zero-order valence-electron chi connectivity index (χ0n) is 16.2. The molecule has 0 atom stereocenters. The van der Waals surface area contributed by atoms with Crippen molar-refractivity contribution in [2.75, 3.05) is 6.54 Å². The Morgan fingerprint density at radius 2 is 1.93 bits per heavy atom. The predicted octanol–water partition coefficient (Wildman–Crippen LogP) is 1.72. The first-order valence-electron chi connectivity index (χ1n) is 9.01. The van der Waals surface area contributed by atoms with Crippen molar-refractivity contribution in [1.82, 2.24) is 30.2 Å². The molecule has 30 heavy (non-hydrogen) atoms. The molecule has 0 spiro atoms. The number of halogens is 3. The minimum absolute atomic E-state index is 0.0289. The van der Waals surface area contributed by atoms with Gasteiger partial charge in [-0.2, -0.15) is 18.2 Å². The molecule has 0 aromatic carbocycles.